The first-order chi connectivity index (χ1) is 4.86. The van der Waals surface area contributed by atoms with Gasteiger partial charge in [-0.3, -0.25) is 5.41 Å². The number of aromatic nitrogens is 2. The van der Waals surface area contributed by atoms with Gasteiger partial charge in [0, 0.05) is 6.07 Å². The highest BCUT2D eigenvalue weighted by Crippen LogP contribution is 1.94. The lowest BCUT2D eigenvalue weighted by molar-refractivity contribution is 0.300. The Labute approximate surface area is 56.2 Å². The monoisotopic (exact) mass is 135 g/mol. The van der Waals surface area contributed by atoms with Crippen molar-refractivity contribution in [3.8, 4) is 0 Å². The molecule has 0 radical (unpaired) electrons. The van der Waals surface area contributed by atoms with Crippen molar-refractivity contribution in [2.75, 3.05) is 0 Å². The second kappa shape index (κ2) is 1.70. The minimum Gasteiger partial charge on any atom is -0.338 e. The molecule has 10 heavy (non-hydrogen) atoms. The lowest BCUT2D eigenvalue weighted by Crippen LogP contribution is -1.90. The Morgan fingerprint density at radius 1 is 1.60 bits per heavy atom. The van der Waals surface area contributed by atoms with Crippen LogP contribution in [0.15, 0.2) is 28.9 Å². The summed E-state index contributed by atoms with van der Waals surface area (Å²) in [6, 6.07) is 5.23. The molecule has 0 aliphatic carbocycles. The summed E-state index contributed by atoms with van der Waals surface area (Å²) in [6.45, 7) is 0. The lowest BCUT2D eigenvalue weighted by atomic mass is 10.5. The van der Waals surface area contributed by atoms with Crippen LogP contribution in [-0.4, -0.2) is 9.79 Å². The van der Waals surface area contributed by atoms with Crippen LogP contribution in [-0.2, 0) is 0 Å². The highest BCUT2D eigenvalue weighted by atomic mass is 16.5. The number of nitrogens with one attached hydrogen (secondary N) is 1. The van der Waals surface area contributed by atoms with Gasteiger partial charge in [-0.15, -0.1) is 5.10 Å². The van der Waals surface area contributed by atoms with Gasteiger partial charge < -0.3 is 4.52 Å². The number of hydrogen-bond acceptors (Lipinski definition) is 3. The van der Waals surface area contributed by atoms with E-state index in [1.165, 1.54) is 4.69 Å². The van der Waals surface area contributed by atoms with Crippen molar-refractivity contribution in [2.24, 2.45) is 0 Å². The molecule has 0 spiro atoms. The molecule has 0 aliphatic heterocycles. The Hall–Kier alpha value is -1.58. The first-order valence-corrected chi connectivity index (χ1v) is 2.85. The van der Waals surface area contributed by atoms with Crippen LogP contribution in [0.3, 0.4) is 0 Å². The summed E-state index contributed by atoms with van der Waals surface area (Å²) in [6.07, 6.45) is 1.61. The third kappa shape index (κ3) is 0.621. The van der Waals surface area contributed by atoms with E-state index < -0.39 is 0 Å². The van der Waals surface area contributed by atoms with Crippen molar-refractivity contribution in [1.82, 2.24) is 9.79 Å². The van der Waals surface area contributed by atoms with Gasteiger partial charge in [0.25, 0.3) is 0 Å². The Morgan fingerprint density at radius 2 is 2.50 bits per heavy atom. The molecule has 0 saturated carbocycles. The molecule has 0 unspecified atom stereocenters. The molecule has 0 aromatic carbocycles. The van der Waals surface area contributed by atoms with Crippen LogP contribution >= 0.6 is 0 Å². The van der Waals surface area contributed by atoms with Gasteiger partial charge in [0.05, 0.1) is 6.20 Å². The zero-order valence-electron chi connectivity index (χ0n) is 5.11. The van der Waals surface area contributed by atoms with Crippen LogP contribution in [0.5, 0.6) is 0 Å². The highest BCUT2D eigenvalue weighted by Gasteiger charge is 1.92. The number of nitrogens with zero attached hydrogens (tertiary/aromatic N) is 2. The standard InChI is InChI=1S/C6H5N3O/c7-6-4-5-2-1-3-8-9(5)10-6/h1-4,7H. The predicted octanol–water partition coefficient (Wildman–Crippen LogP) is 0.407. The smallest absolute Gasteiger partial charge is 0.243 e. The second-order valence-electron chi connectivity index (χ2n) is 1.92. The first-order valence-electron chi connectivity index (χ1n) is 2.85. The Bertz CT molecular complexity index is 364. The summed E-state index contributed by atoms with van der Waals surface area (Å²) in [7, 11) is 0. The van der Waals surface area contributed by atoms with Crippen LogP contribution in [0.1, 0.15) is 0 Å². The molecule has 2 aromatic rings. The molecule has 1 N–H and O–H groups in total. The van der Waals surface area contributed by atoms with Gasteiger partial charge >= 0.3 is 0 Å². The topological polar surface area (TPSA) is 54.3 Å². The lowest BCUT2D eigenvalue weighted by Gasteiger charge is -1.84. The average Bonchev–Trinajstić information content (AvgIpc) is 2.27. The van der Waals surface area contributed by atoms with Gasteiger partial charge in [0.15, 0.2) is 0 Å². The quantitative estimate of drug-likeness (QED) is 0.568. The Balaban J connectivity index is 3.01. The van der Waals surface area contributed by atoms with Gasteiger partial charge in [-0.2, -0.15) is 0 Å². The SMILES string of the molecule is N=c1cc2cccnn2o1. The summed E-state index contributed by atoms with van der Waals surface area (Å²) < 4.78 is 6.15. The molecule has 50 valence electrons. The van der Waals surface area contributed by atoms with Gasteiger partial charge in [-0.25, -0.2) is 0 Å². The van der Waals surface area contributed by atoms with Crippen LogP contribution in [0.2, 0.25) is 0 Å². The fourth-order valence-electron chi connectivity index (χ4n) is 0.805. The van der Waals surface area contributed by atoms with E-state index >= 15 is 0 Å². The van der Waals surface area contributed by atoms with Crippen LogP contribution < -0.4 is 5.55 Å². The number of fused-ring (bicyclic) bond motifs is 1. The molecule has 0 fully saturated rings. The molecule has 0 amide bonds. The van der Waals surface area contributed by atoms with Gasteiger partial charge in [-0.05, 0) is 12.1 Å². The predicted molar refractivity (Wildman–Crippen MR) is 33.3 cm³/mol. The maximum atomic E-state index is 7.10. The zero-order chi connectivity index (χ0) is 6.97. The van der Waals surface area contributed by atoms with Gasteiger partial charge in [0.1, 0.15) is 5.52 Å². The van der Waals surface area contributed by atoms with E-state index in [0.717, 1.165) is 5.52 Å². The molecule has 0 aliphatic rings. The van der Waals surface area contributed by atoms with Crippen LogP contribution in [0, 0.1) is 5.41 Å². The van der Waals surface area contributed by atoms with E-state index in [-0.39, 0.29) is 5.55 Å². The van der Waals surface area contributed by atoms with E-state index in [2.05, 4.69) is 5.10 Å². The molecule has 2 rings (SSSR count). The maximum absolute atomic E-state index is 7.10. The van der Waals surface area contributed by atoms with Crippen molar-refractivity contribution in [3.63, 3.8) is 0 Å². The average molecular weight is 135 g/mol. The summed E-state index contributed by atoms with van der Waals surface area (Å²) in [5.74, 6) is 0. The van der Waals surface area contributed by atoms with Gasteiger partial charge in [0.2, 0.25) is 5.55 Å². The van der Waals surface area contributed by atoms with E-state index in [0.29, 0.717) is 0 Å². The van der Waals surface area contributed by atoms with E-state index in [1.807, 2.05) is 6.07 Å². The van der Waals surface area contributed by atoms with E-state index in [9.17, 15) is 0 Å². The summed E-state index contributed by atoms with van der Waals surface area (Å²) in [4.78, 5) is 0. The number of hydrogen-bond donors (Lipinski definition) is 1. The molecule has 4 heteroatoms. The van der Waals surface area contributed by atoms with Crippen molar-refractivity contribution in [3.05, 3.63) is 29.9 Å². The first kappa shape index (κ1) is 5.22. The summed E-state index contributed by atoms with van der Waals surface area (Å²) in [5, 5.41) is 10.9. The van der Waals surface area contributed by atoms with Crippen LogP contribution in [0.4, 0.5) is 0 Å². The molecule has 0 bridgehead atoms. The largest absolute Gasteiger partial charge is 0.338 e. The number of rotatable bonds is 0. The minimum atomic E-state index is 0.124. The normalized spacial score (nSPS) is 10.4. The molecule has 0 atom stereocenters. The Morgan fingerprint density at radius 3 is 3.30 bits per heavy atom. The third-order valence-corrected chi connectivity index (χ3v) is 1.21. The molecule has 0 saturated heterocycles. The van der Waals surface area contributed by atoms with Crippen LogP contribution in [0.25, 0.3) is 5.52 Å². The van der Waals surface area contributed by atoms with Crippen molar-refractivity contribution < 1.29 is 4.52 Å². The van der Waals surface area contributed by atoms with E-state index in [4.69, 9.17) is 9.93 Å². The van der Waals surface area contributed by atoms with E-state index in [1.54, 1.807) is 18.3 Å². The fourth-order valence-corrected chi connectivity index (χ4v) is 0.805. The second-order valence-corrected chi connectivity index (χ2v) is 1.92. The maximum Gasteiger partial charge on any atom is 0.243 e. The molecule has 2 aromatic heterocycles. The van der Waals surface area contributed by atoms with Crippen molar-refractivity contribution in [1.29, 1.82) is 5.41 Å². The molecular formula is C6H5N3O. The third-order valence-electron chi connectivity index (χ3n) is 1.21. The summed E-state index contributed by atoms with van der Waals surface area (Å²) >= 11 is 0. The highest BCUT2D eigenvalue weighted by molar-refractivity contribution is 5.41. The minimum absolute atomic E-state index is 0.124. The Kier molecular flexibility index (Phi) is 0.887. The summed E-state index contributed by atoms with van der Waals surface area (Å²) in [5.41, 5.74) is 0.922. The molecule has 4 nitrogen and oxygen atoms in total. The fraction of sp³-hybridized carbons (Fsp3) is 0. The van der Waals surface area contributed by atoms with Gasteiger partial charge in [-0.1, -0.05) is 4.69 Å². The molecule has 2 heterocycles. The molecular weight excluding hydrogens is 130 g/mol. The van der Waals surface area contributed by atoms with Crippen molar-refractivity contribution in [2.45, 2.75) is 0 Å². The van der Waals surface area contributed by atoms with Crippen molar-refractivity contribution >= 4 is 5.52 Å². The zero-order valence-corrected chi connectivity index (χ0v) is 5.11.